The molecule has 0 spiro atoms. The van der Waals surface area contributed by atoms with Crippen LogP contribution in [0, 0.1) is 0 Å². The van der Waals surface area contributed by atoms with Gasteiger partial charge in [0.1, 0.15) is 0 Å². The summed E-state index contributed by atoms with van der Waals surface area (Å²) in [6.07, 6.45) is 1.35. The Kier molecular flexibility index (Phi) is 3.75. The zero-order valence-electron chi connectivity index (χ0n) is 11.1. The van der Waals surface area contributed by atoms with Crippen LogP contribution in [-0.4, -0.2) is 17.8 Å². The van der Waals surface area contributed by atoms with Crippen molar-refractivity contribution in [2.24, 2.45) is 0 Å². The number of rotatable bonds is 3. The highest BCUT2D eigenvalue weighted by Crippen LogP contribution is 2.24. The molecular formula is C17H16ClNO. The van der Waals surface area contributed by atoms with Gasteiger partial charge >= 0.3 is 0 Å². The molecular weight excluding hydrogens is 270 g/mol. The zero-order valence-corrected chi connectivity index (χ0v) is 11.9. The fourth-order valence-electron chi connectivity index (χ4n) is 2.54. The van der Waals surface area contributed by atoms with Crippen LogP contribution in [0.4, 0.5) is 5.69 Å². The third-order valence-corrected chi connectivity index (χ3v) is 3.87. The first-order valence-corrected chi connectivity index (χ1v) is 7.23. The lowest BCUT2D eigenvalue weighted by molar-refractivity contribution is -0.117. The van der Waals surface area contributed by atoms with Crippen molar-refractivity contribution in [3.8, 4) is 0 Å². The number of anilines is 1. The smallest absolute Gasteiger partial charge is 0.228 e. The van der Waals surface area contributed by atoms with Gasteiger partial charge in [-0.05, 0) is 29.7 Å². The van der Waals surface area contributed by atoms with Crippen LogP contribution >= 0.6 is 11.6 Å². The van der Waals surface area contributed by atoms with E-state index in [0.29, 0.717) is 13.0 Å². The van der Waals surface area contributed by atoms with Gasteiger partial charge in [0.25, 0.3) is 0 Å². The van der Waals surface area contributed by atoms with Gasteiger partial charge in [0.2, 0.25) is 5.91 Å². The molecule has 2 nitrogen and oxygen atoms in total. The molecule has 2 aromatic carbocycles. The molecule has 1 aliphatic rings. The maximum Gasteiger partial charge on any atom is 0.228 e. The molecule has 0 aromatic heterocycles. The van der Waals surface area contributed by atoms with Crippen molar-refractivity contribution in [3.63, 3.8) is 0 Å². The molecule has 2 aromatic rings. The summed E-state index contributed by atoms with van der Waals surface area (Å²) in [5.41, 5.74) is 3.47. The van der Waals surface area contributed by atoms with Crippen LogP contribution in [0.3, 0.4) is 0 Å². The van der Waals surface area contributed by atoms with Crippen LogP contribution < -0.4 is 4.90 Å². The fourth-order valence-corrected chi connectivity index (χ4v) is 2.81. The van der Waals surface area contributed by atoms with E-state index in [0.717, 1.165) is 12.1 Å². The highest BCUT2D eigenvalue weighted by molar-refractivity contribution is 6.24. The largest absolute Gasteiger partial charge is 0.311 e. The van der Waals surface area contributed by atoms with E-state index in [1.54, 1.807) is 4.90 Å². The second kappa shape index (κ2) is 5.68. The molecule has 1 atom stereocenters. The lowest BCUT2D eigenvalue weighted by Crippen LogP contribution is -2.24. The molecule has 1 fully saturated rings. The van der Waals surface area contributed by atoms with E-state index in [9.17, 15) is 4.79 Å². The van der Waals surface area contributed by atoms with Crippen molar-refractivity contribution in [1.82, 2.24) is 0 Å². The summed E-state index contributed by atoms with van der Waals surface area (Å²) >= 11 is 6.03. The number of hydrogen-bond acceptors (Lipinski definition) is 1. The lowest BCUT2D eigenvalue weighted by Gasteiger charge is -2.16. The van der Waals surface area contributed by atoms with E-state index in [4.69, 9.17) is 11.6 Å². The minimum Gasteiger partial charge on any atom is -0.311 e. The van der Waals surface area contributed by atoms with Crippen molar-refractivity contribution in [2.45, 2.75) is 18.2 Å². The molecule has 0 saturated carbocycles. The number of hydrogen-bond donors (Lipinski definition) is 0. The van der Waals surface area contributed by atoms with Crippen molar-refractivity contribution >= 4 is 23.2 Å². The third kappa shape index (κ3) is 2.86. The normalized spacial score (nSPS) is 18.6. The lowest BCUT2D eigenvalue weighted by atomic mass is 10.0. The monoisotopic (exact) mass is 285 g/mol. The zero-order chi connectivity index (χ0) is 13.9. The number of carbonyl (C=O) groups excluding carboxylic acids is 1. The van der Waals surface area contributed by atoms with Crippen molar-refractivity contribution in [2.75, 3.05) is 11.4 Å². The van der Waals surface area contributed by atoms with E-state index in [1.165, 1.54) is 11.1 Å². The molecule has 0 radical (unpaired) electrons. The van der Waals surface area contributed by atoms with Crippen molar-refractivity contribution < 1.29 is 4.79 Å². The van der Waals surface area contributed by atoms with Gasteiger partial charge in [0.05, 0.1) is 5.38 Å². The van der Waals surface area contributed by atoms with Gasteiger partial charge in [-0.3, -0.25) is 4.79 Å². The van der Waals surface area contributed by atoms with Crippen LogP contribution in [0.1, 0.15) is 17.5 Å². The first-order chi connectivity index (χ1) is 9.72. The second-order valence-electron chi connectivity index (χ2n) is 5.13. The molecule has 1 aliphatic heterocycles. The van der Waals surface area contributed by atoms with Gasteiger partial charge in [-0.15, -0.1) is 11.6 Å². The van der Waals surface area contributed by atoms with Gasteiger partial charge in [0, 0.05) is 18.7 Å². The average molecular weight is 286 g/mol. The molecule has 3 heteroatoms. The summed E-state index contributed by atoms with van der Waals surface area (Å²) in [7, 11) is 0. The third-order valence-electron chi connectivity index (χ3n) is 3.58. The summed E-state index contributed by atoms with van der Waals surface area (Å²) in [6.45, 7) is 0.610. The number of amides is 1. The molecule has 0 aliphatic carbocycles. The molecule has 20 heavy (non-hydrogen) atoms. The Labute approximate surface area is 124 Å². The van der Waals surface area contributed by atoms with Gasteiger partial charge in [-0.1, -0.05) is 42.5 Å². The van der Waals surface area contributed by atoms with Gasteiger partial charge < -0.3 is 4.90 Å². The van der Waals surface area contributed by atoms with E-state index >= 15 is 0 Å². The van der Waals surface area contributed by atoms with Gasteiger partial charge in [-0.25, -0.2) is 0 Å². The first-order valence-electron chi connectivity index (χ1n) is 6.79. The maximum absolute atomic E-state index is 11.8. The number of halogens is 1. The Morgan fingerprint density at radius 2 is 1.65 bits per heavy atom. The van der Waals surface area contributed by atoms with Crippen LogP contribution in [0.5, 0.6) is 0 Å². The Balaban J connectivity index is 1.73. The predicted molar refractivity (Wildman–Crippen MR) is 82.3 cm³/mol. The molecule has 0 bridgehead atoms. The Morgan fingerprint density at radius 3 is 2.25 bits per heavy atom. The summed E-state index contributed by atoms with van der Waals surface area (Å²) < 4.78 is 0. The first kappa shape index (κ1) is 13.2. The minimum atomic E-state index is -0.0634. The summed E-state index contributed by atoms with van der Waals surface area (Å²) in [6, 6.07) is 18.5. The molecule has 1 heterocycles. The van der Waals surface area contributed by atoms with Gasteiger partial charge in [-0.2, -0.15) is 0 Å². The maximum atomic E-state index is 11.8. The van der Waals surface area contributed by atoms with E-state index in [2.05, 4.69) is 24.3 Å². The Morgan fingerprint density at radius 1 is 1.00 bits per heavy atom. The predicted octanol–water partition coefficient (Wildman–Crippen LogP) is 3.62. The molecule has 0 N–H and O–H groups in total. The Bertz CT molecular complexity index is 594. The summed E-state index contributed by atoms with van der Waals surface area (Å²) in [4.78, 5) is 13.6. The fraction of sp³-hybridized carbons (Fsp3) is 0.235. The quantitative estimate of drug-likeness (QED) is 0.789. The number of carbonyl (C=O) groups is 1. The second-order valence-corrected chi connectivity index (χ2v) is 5.75. The van der Waals surface area contributed by atoms with E-state index in [-0.39, 0.29) is 11.3 Å². The molecule has 1 unspecified atom stereocenters. The average Bonchev–Trinajstić information content (AvgIpc) is 2.80. The van der Waals surface area contributed by atoms with Crippen LogP contribution in [0.15, 0.2) is 54.6 Å². The Hall–Kier alpha value is -1.80. The van der Waals surface area contributed by atoms with Crippen LogP contribution in [-0.2, 0) is 11.2 Å². The topological polar surface area (TPSA) is 20.3 Å². The highest BCUT2D eigenvalue weighted by atomic mass is 35.5. The van der Waals surface area contributed by atoms with Crippen molar-refractivity contribution in [1.29, 1.82) is 0 Å². The molecule has 1 amide bonds. The number of alkyl halides is 1. The molecule has 1 saturated heterocycles. The minimum absolute atomic E-state index is 0.0634. The SMILES string of the molecule is O=C1CC(Cl)CN1c1ccc(Cc2ccccc2)cc1. The highest BCUT2D eigenvalue weighted by Gasteiger charge is 2.28. The van der Waals surface area contributed by atoms with E-state index < -0.39 is 0 Å². The summed E-state index contributed by atoms with van der Waals surface area (Å²) in [5.74, 6) is 0.112. The van der Waals surface area contributed by atoms with Crippen LogP contribution in [0.25, 0.3) is 0 Å². The van der Waals surface area contributed by atoms with Gasteiger partial charge in [0.15, 0.2) is 0 Å². The standard InChI is InChI=1S/C17H16ClNO/c18-15-11-17(20)19(12-15)16-8-6-14(7-9-16)10-13-4-2-1-3-5-13/h1-9,15H,10-12H2. The van der Waals surface area contributed by atoms with Crippen molar-refractivity contribution in [3.05, 3.63) is 65.7 Å². The number of benzene rings is 2. The summed E-state index contributed by atoms with van der Waals surface area (Å²) in [5, 5.41) is -0.0634. The molecule has 3 rings (SSSR count). The van der Waals surface area contributed by atoms with E-state index in [1.807, 2.05) is 30.3 Å². The number of nitrogens with zero attached hydrogens (tertiary/aromatic N) is 1. The molecule has 102 valence electrons. The van der Waals surface area contributed by atoms with Crippen LogP contribution in [0.2, 0.25) is 0 Å².